The fourth-order valence-electron chi connectivity index (χ4n) is 4.19. The van der Waals surface area contributed by atoms with Crippen LogP contribution < -0.4 is 0 Å². The predicted molar refractivity (Wildman–Crippen MR) is 113 cm³/mol. The molecule has 5 aromatic rings. The van der Waals surface area contributed by atoms with Crippen LogP contribution >= 0.6 is 0 Å². The van der Waals surface area contributed by atoms with Gasteiger partial charge in [-0.2, -0.15) is 0 Å². The van der Waals surface area contributed by atoms with Crippen molar-refractivity contribution in [1.29, 1.82) is 0 Å². The third kappa shape index (κ3) is 2.57. The van der Waals surface area contributed by atoms with Crippen LogP contribution in [0.5, 0.6) is 0 Å². The molecule has 0 amide bonds. The van der Waals surface area contributed by atoms with Gasteiger partial charge >= 0.3 is 0 Å². The summed E-state index contributed by atoms with van der Waals surface area (Å²) in [6.07, 6.45) is 2.17. The molecule has 2 nitrogen and oxygen atoms in total. The van der Waals surface area contributed by atoms with Crippen LogP contribution in [0.2, 0.25) is 0 Å². The average Bonchev–Trinajstić information content (AvgIpc) is 3.26. The number of rotatable bonds is 3. The number of H-pyrrole nitrogens is 2. The van der Waals surface area contributed by atoms with Crippen molar-refractivity contribution in [3.63, 3.8) is 0 Å². The van der Waals surface area contributed by atoms with Crippen LogP contribution in [0.3, 0.4) is 0 Å². The van der Waals surface area contributed by atoms with Crippen LogP contribution in [0, 0.1) is 13.8 Å². The van der Waals surface area contributed by atoms with Crippen LogP contribution in [0.25, 0.3) is 21.8 Å². The molecule has 0 fully saturated rings. The lowest BCUT2D eigenvalue weighted by atomic mass is 9.86. The van der Waals surface area contributed by atoms with Crippen LogP contribution in [-0.2, 0) is 0 Å². The van der Waals surface area contributed by atoms with Gasteiger partial charge in [-0.3, -0.25) is 0 Å². The number of nitrogens with one attached hydrogen (secondary N) is 2. The summed E-state index contributed by atoms with van der Waals surface area (Å²) in [5.74, 6) is 0.161. The first-order valence-corrected chi connectivity index (χ1v) is 9.42. The van der Waals surface area contributed by atoms with Crippen molar-refractivity contribution in [2.24, 2.45) is 0 Å². The minimum atomic E-state index is 0.161. The Balaban J connectivity index is 1.80. The zero-order valence-electron chi connectivity index (χ0n) is 15.6. The third-order valence-electron chi connectivity index (χ3n) is 5.64. The largest absolute Gasteiger partial charge is 0.361 e. The molecule has 1 unspecified atom stereocenters. The highest BCUT2D eigenvalue weighted by Crippen LogP contribution is 2.39. The van der Waals surface area contributed by atoms with E-state index in [1.165, 1.54) is 49.8 Å². The predicted octanol–water partition coefficient (Wildman–Crippen LogP) is 6.45. The van der Waals surface area contributed by atoms with E-state index in [0.717, 1.165) is 0 Å². The standard InChI is InChI=1S/C25H22N2/c1-16-11-13-18(14-12-16)24(21-15-26-22-9-5-4-8-20(21)22)25-17(2)19-7-3-6-10-23(19)27-25/h3-15,24,26-27H,1-2H3. The van der Waals surface area contributed by atoms with E-state index in [9.17, 15) is 0 Å². The first-order valence-electron chi connectivity index (χ1n) is 9.42. The highest BCUT2D eigenvalue weighted by Gasteiger charge is 2.24. The molecule has 2 aromatic heterocycles. The average molecular weight is 350 g/mol. The lowest BCUT2D eigenvalue weighted by molar-refractivity contribution is 0.934. The monoisotopic (exact) mass is 350 g/mol. The van der Waals surface area contributed by atoms with Crippen molar-refractivity contribution in [2.75, 3.05) is 0 Å². The Morgan fingerprint density at radius 2 is 1.37 bits per heavy atom. The number of fused-ring (bicyclic) bond motifs is 2. The molecule has 5 rings (SSSR count). The third-order valence-corrected chi connectivity index (χ3v) is 5.64. The van der Waals surface area contributed by atoms with Gasteiger partial charge in [-0.1, -0.05) is 66.2 Å². The first kappa shape index (κ1) is 16.0. The summed E-state index contributed by atoms with van der Waals surface area (Å²) in [4.78, 5) is 7.18. The molecule has 0 bridgehead atoms. The summed E-state index contributed by atoms with van der Waals surface area (Å²) in [6.45, 7) is 4.36. The number of benzene rings is 3. The molecule has 2 heterocycles. The van der Waals surface area contributed by atoms with Crippen LogP contribution in [0.1, 0.15) is 33.9 Å². The number of aromatic amines is 2. The molecule has 0 saturated heterocycles. The second kappa shape index (κ2) is 6.17. The zero-order chi connectivity index (χ0) is 18.4. The van der Waals surface area contributed by atoms with Gasteiger partial charge in [0.2, 0.25) is 0 Å². The molecule has 0 aliphatic carbocycles. The SMILES string of the molecule is Cc1ccc(C(c2[nH]c3ccccc3c2C)c2c[nH]c3ccccc23)cc1. The van der Waals surface area contributed by atoms with Crippen LogP contribution in [-0.4, -0.2) is 9.97 Å². The van der Waals surface area contributed by atoms with E-state index in [4.69, 9.17) is 0 Å². The summed E-state index contributed by atoms with van der Waals surface area (Å²) < 4.78 is 0. The van der Waals surface area contributed by atoms with Crippen molar-refractivity contribution in [3.05, 3.63) is 107 Å². The van der Waals surface area contributed by atoms with Crippen molar-refractivity contribution in [1.82, 2.24) is 9.97 Å². The molecule has 0 saturated carbocycles. The van der Waals surface area contributed by atoms with Crippen molar-refractivity contribution in [2.45, 2.75) is 19.8 Å². The minimum absolute atomic E-state index is 0.161. The van der Waals surface area contributed by atoms with Crippen molar-refractivity contribution < 1.29 is 0 Å². The van der Waals surface area contributed by atoms with Gasteiger partial charge in [-0.05, 0) is 42.7 Å². The first-order chi connectivity index (χ1) is 13.2. The Kier molecular flexibility index (Phi) is 3.64. The fourth-order valence-corrected chi connectivity index (χ4v) is 4.19. The Morgan fingerprint density at radius 3 is 2.11 bits per heavy atom. The maximum atomic E-state index is 3.72. The number of hydrogen-bond donors (Lipinski definition) is 2. The Labute approximate surface area is 158 Å². The molecule has 0 aliphatic rings. The lowest BCUT2D eigenvalue weighted by Crippen LogP contribution is -2.05. The molecule has 132 valence electrons. The van der Waals surface area contributed by atoms with Gasteiger partial charge < -0.3 is 9.97 Å². The van der Waals surface area contributed by atoms with E-state index in [-0.39, 0.29) is 5.92 Å². The van der Waals surface area contributed by atoms with E-state index >= 15 is 0 Å². The second-order valence-electron chi connectivity index (χ2n) is 7.34. The van der Waals surface area contributed by atoms with E-state index in [1.54, 1.807) is 0 Å². The zero-order valence-corrected chi connectivity index (χ0v) is 15.6. The van der Waals surface area contributed by atoms with Crippen LogP contribution in [0.4, 0.5) is 0 Å². The second-order valence-corrected chi connectivity index (χ2v) is 7.34. The molecule has 0 aliphatic heterocycles. The van der Waals surface area contributed by atoms with E-state index < -0.39 is 0 Å². The Bertz CT molecular complexity index is 1240. The number of aromatic nitrogens is 2. The van der Waals surface area contributed by atoms with Gasteiger partial charge in [0.15, 0.2) is 0 Å². The molecular formula is C25H22N2. The van der Waals surface area contributed by atoms with Gasteiger partial charge in [-0.25, -0.2) is 0 Å². The molecule has 3 aromatic carbocycles. The lowest BCUT2D eigenvalue weighted by Gasteiger charge is -2.18. The topological polar surface area (TPSA) is 31.6 Å². The summed E-state index contributed by atoms with van der Waals surface area (Å²) in [6, 6.07) is 26.0. The molecule has 0 radical (unpaired) electrons. The van der Waals surface area contributed by atoms with Crippen LogP contribution in [0.15, 0.2) is 79.0 Å². The maximum absolute atomic E-state index is 3.72. The molecule has 27 heavy (non-hydrogen) atoms. The normalized spacial score (nSPS) is 12.7. The van der Waals surface area contributed by atoms with Gasteiger partial charge in [0.05, 0.1) is 5.92 Å². The van der Waals surface area contributed by atoms with E-state index in [0.29, 0.717) is 0 Å². The van der Waals surface area contributed by atoms with Gasteiger partial charge in [-0.15, -0.1) is 0 Å². The summed E-state index contributed by atoms with van der Waals surface area (Å²) in [7, 11) is 0. The van der Waals surface area contributed by atoms with Gasteiger partial charge in [0.25, 0.3) is 0 Å². The number of aryl methyl sites for hydroxylation is 2. The summed E-state index contributed by atoms with van der Waals surface area (Å²) in [5.41, 5.74) is 8.86. The van der Waals surface area contributed by atoms with Crippen molar-refractivity contribution >= 4 is 21.8 Å². The summed E-state index contributed by atoms with van der Waals surface area (Å²) in [5, 5.41) is 2.57. The smallest absolute Gasteiger partial charge is 0.0514 e. The molecule has 2 heteroatoms. The van der Waals surface area contributed by atoms with Gasteiger partial charge in [0.1, 0.15) is 0 Å². The number of hydrogen-bond acceptors (Lipinski definition) is 0. The highest BCUT2D eigenvalue weighted by atomic mass is 14.7. The highest BCUT2D eigenvalue weighted by molar-refractivity contribution is 5.88. The minimum Gasteiger partial charge on any atom is -0.361 e. The Morgan fingerprint density at radius 1 is 0.704 bits per heavy atom. The van der Waals surface area contributed by atoms with Gasteiger partial charge in [0, 0.05) is 33.7 Å². The molecular weight excluding hydrogens is 328 g/mol. The van der Waals surface area contributed by atoms with E-state index in [2.05, 4.69) is 103 Å². The molecule has 0 spiro atoms. The quantitative estimate of drug-likeness (QED) is 0.375. The van der Waals surface area contributed by atoms with Crippen molar-refractivity contribution in [3.8, 4) is 0 Å². The number of para-hydroxylation sites is 2. The van der Waals surface area contributed by atoms with E-state index in [1.807, 2.05) is 0 Å². The maximum Gasteiger partial charge on any atom is 0.0514 e. The fraction of sp³-hybridized carbons (Fsp3) is 0.120. The Hall–Kier alpha value is -3.26. The molecule has 1 atom stereocenters. The molecule has 2 N–H and O–H groups in total. The summed E-state index contributed by atoms with van der Waals surface area (Å²) >= 11 is 0.